The molecule has 2 rings (SSSR count). The number of benzene rings is 1. The van der Waals surface area contributed by atoms with Gasteiger partial charge in [0.1, 0.15) is 5.82 Å². The fourth-order valence-electron chi connectivity index (χ4n) is 1.96. The number of aryl methyl sites for hydroxylation is 1. The van der Waals surface area contributed by atoms with Crippen LogP contribution < -0.4 is 5.32 Å². The lowest BCUT2D eigenvalue weighted by Crippen LogP contribution is -2.30. The molecule has 1 aromatic heterocycles. The molecule has 0 aliphatic heterocycles. The molecule has 0 spiro atoms. The first kappa shape index (κ1) is 14.8. The highest BCUT2D eigenvalue weighted by Crippen LogP contribution is 2.09. The van der Waals surface area contributed by atoms with Gasteiger partial charge >= 0.3 is 0 Å². The summed E-state index contributed by atoms with van der Waals surface area (Å²) in [5, 5.41) is 11.6. The van der Waals surface area contributed by atoms with Gasteiger partial charge in [0.15, 0.2) is 0 Å². The number of carbonyl (C=O) groups excluding carboxylic acids is 1. The smallest absolute Gasteiger partial charge is 0.238 e. The second-order valence-corrected chi connectivity index (χ2v) is 4.87. The van der Waals surface area contributed by atoms with Gasteiger partial charge < -0.3 is 9.88 Å². The average molecular weight is 283 g/mol. The zero-order valence-electron chi connectivity index (χ0n) is 12.1. The summed E-state index contributed by atoms with van der Waals surface area (Å²) in [4.78, 5) is 18.1. The fourth-order valence-corrected chi connectivity index (χ4v) is 1.96. The maximum Gasteiger partial charge on any atom is 0.238 e. The first-order valence-electron chi connectivity index (χ1n) is 6.53. The third-order valence-corrected chi connectivity index (χ3v) is 3.02. The highest BCUT2D eigenvalue weighted by molar-refractivity contribution is 5.92. The van der Waals surface area contributed by atoms with E-state index >= 15 is 0 Å². The molecule has 0 radical (unpaired) electrons. The maximum absolute atomic E-state index is 12.0. The highest BCUT2D eigenvalue weighted by Gasteiger charge is 2.09. The number of amides is 1. The van der Waals surface area contributed by atoms with Crippen LogP contribution in [0.2, 0.25) is 0 Å². The predicted molar refractivity (Wildman–Crippen MR) is 79.3 cm³/mol. The highest BCUT2D eigenvalue weighted by atomic mass is 16.2. The number of imidazole rings is 1. The van der Waals surface area contributed by atoms with E-state index < -0.39 is 0 Å². The standard InChI is InChI=1S/C15H17N5O/c1-19(10-14-17-6-7-20(14)2)11-15(21)18-13-5-3-4-12(8-13)9-16/h3-8H,10-11H2,1-2H3,(H,18,21). The normalized spacial score (nSPS) is 10.4. The number of likely N-dealkylation sites (N-methyl/N-ethyl adjacent to an activating group) is 1. The second kappa shape index (κ2) is 6.68. The molecule has 0 bridgehead atoms. The lowest BCUT2D eigenvalue weighted by atomic mass is 10.2. The van der Waals surface area contributed by atoms with Crippen LogP contribution in [0.5, 0.6) is 0 Å². The van der Waals surface area contributed by atoms with Gasteiger partial charge in [-0.05, 0) is 25.2 Å². The van der Waals surface area contributed by atoms with Crippen LogP contribution >= 0.6 is 0 Å². The zero-order valence-corrected chi connectivity index (χ0v) is 12.1. The third-order valence-electron chi connectivity index (χ3n) is 3.02. The number of nitrogens with zero attached hydrogens (tertiary/aromatic N) is 4. The second-order valence-electron chi connectivity index (χ2n) is 4.87. The molecular weight excluding hydrogens is 266 g/mol. The average Bonchev–Trinajstić information content (AvgIpc) is 2.84. The Bertz CT molecular complexity index is 671. The number of rotatable bonds is 5. The molecule has 21 heavy (non-hydrogen) atoms. The lowest BCUT2D eigenvalue weighted by molar-refractivity contribution is -0.117. The van der Waals surface area contributed by atoms with Crippen molar-refractivity contribution in [1.29, 1.82) is 5.26 Å². The largest absolute Gasteiger partial charge is 0.337 e. The van der Waals surface area contributed by atoms with Crippen molar-refractivity contribution in [1.82, 2.24) is 14.5 Å². The van der Waals surface area contributed by atoms with Crippen LogP contribution in [0.1, 0.15) is 11.4 Å². The van der Waals surface area contributed by atoms with E-state index in [2.05, 4.69) is 10.3 Å². The summed E-state index contributed by atoms with van der Waals surface area (Å²) >= 11 is 0. The van der Waals surface area contributed by atoms with E-state index in [1.807, 2.05) is 35.8 Å². The Morgan fingerprint density at radius 2 is 2.33 bits per heavy atom. The van der Waals surface area contributed by atoms with Crippen molar-refractivity contribution in [3.63, 3.8) is 0 Å². The van der Waals surface area contributed by atoms with E-state index in [1.165, 1.54) is 0 Å². The minimum absolute atomic E-state index is 0.123. The van der Waals surface area contributed by atoms with Crippen molar-refractivity contribution in [2.24, 2.45) is 7.05 Å². The monoisotopic (exact) mass is 283 g/mol. The molecule has 2 aromatic rings. The number of aromatic nitrogens is 2. The number of nitriles is 1. The van der Waals surface area contributed by atoms with E-state index in [4.69, 9.17) is 5.26 Å². The van der Waals surface area contributed by atoms with Gasteiger partial charge in [0, 0.05) is 25.1 Å². The Kier molecular flexibility index (Phi) is 4.69. The zero-order chi connectivity index (χ0) is 15.2. The molecular formula is C15H17N5O. The molecule has 1 aromatic carbocycles. The molecule has 0 saturated carbocycles. The van der Waals surface area contributed by atoms with E-state index in [-0.39, 0.29) is 12.5 Å². The van der Waals surface area contributed by atoms with E-state index in [9.17, 15) is 4.79 Å². The first-order valence-corrected chi connectivity index (χ1v) is 6.53. The Balaban J connectivity index is 1.89. The number of hydrogen-bond donors (Lipinski definition) is 1. The van der Waals surface area contributed by atoms with Crippen LogP contribution in [-0.2, 0) is 18.4 Å². The molecule has 6 nitrogen and oxygen atoms in total. The number of carbonyl (C=O) groups is 1. The van der Waals surface area contributed by atoms with E-state index in [0.717, 1.165) is 5.82 Å². The number of hydrogen-bond acceptors (Lipinski definition) is 4. The van der Waals surface area contributed by atoms with Crippen molar-refractivity contribution in [3.05, 3.63) is 48.0 Å². The predicted octanol–water partition coefficient (Wildman–Crippen LogP) is 1.36. The van der Waals surface area contributed by atoms with Crippen molar-refractivity contribution >= 4 is 11.6 Å². The summed E-state index contributed by atoms with van der Waals surface area (Å²) in [6.45, 7) is 0.846. The Morgan fingerprint density at radius 3 is 3.00 bits per heavy atom. The summed E-state index contributed by atoms with van der Waals surface area (Å²) in [5.74, 6) is 0.776. The Hall–Kier alpha value is -2.65. The molecule has 0 fully saturated rings. The van der Waals surface area contributed by atoms with Crippen LogP contribution in [0.15, 0.2) is 36.7 Å². The molecule has 0 unspecified atom stereocenters. The summed E-state index contributed by atoms with van der Waals surface area (Å²) in [5.41, 5.74) is 1.15. The molecule has 1 amide bonds. The topological polar surface area (TPSA) is 74.0 Å². The van der Waals surface area contributed by atoms with E-state index in [0.29, 0.717) is 17.8 Å². The molecule has 1 heterocycles. The van der Waals surface area contributed by atoms with Gasteiger partial charge in [-0.3, -0.25) is 9.69 Å². The molecule has 6 heteroatoms. The van der Waals surface area contributed by atoms with Crippen LogP contribution in [0, 0.1) is 11.3 Å². The van der Waals surface area contributed by atoms with Crippen LogP contribution in [0.4, 0.5) is 5.69 Å². The molecule has 0 aliphatic carbocycles. The Labute approximate surface area is 123 Å². The van der Waals surface area contributed by atoms with Gasteiger partial charge in [0.25, 0.3) is 0 Å². The Morgan fingerprint density at radius 1 is 1.52 bits per heavy atom. The van der Waals surface area contributed by atoms with Gasteiger partial charge in [-0.2, -0.15) is 5.26 Å². The lowest BCUT2D eigenvalue weighted by Gasteiger charge is -2.16. The minimum atomic E-state index is -0.123. The van der Waals surface area contributed by atoms with Crippen molar-refractivity contribution < 1.29 is 4.79 Å². The third kappa shape index (κ3) is 4.16. The van der Waals surface area contributed by atoms with Crippen LogP contribution in [-0.4, -0.2) is 34.0 Å². The van der Waals surface area contributed by atoms with Gasteiger partial charge in [-0.25, -0.2) is 4.98 Å². The van der Waals surface area contributed by atoms with Crippen molar-refractivity contribution in [2.45, 2.75) is 6.54 Å². The quantitative estimate of drug-likeness (QED) is 0.899. The van der Waals surface area contributed by atoms with Gasteiger partial charge in [0.2, 0.25) is 5.91 Å². The summed E-state index contributed by atoms with van der Waals surface area (Å²) in [6, 6.07) is 8.89. The van der Waals surface area contributed by atoms with Crippen LogP contribution in [0.25, 0.3) is 0 Å². The molecule has 1 N–H and O–H groups in total. The van der Waals surface area contributed by atoms with E-state index in [1.54, 1.807) is 30.5 Å². The summed E-state index contributed by atoms with van der Waals surface area (Å²) < 4.78 is 1.92. The molecule has 0 aliphatic rings. The molecule has 0 atom stereocenters. The van der Waals surface area contributed by atoms with Crippen LogP contribution in [0.3, 0.4) is 0 Å². The van der Waals surface area contributed by atoms with Crippen molar-refractivity contribution in [2.75, 3.05) is 18.9 Å². The SMILES string of the molecule is CN(CC(=O)Nc1cccc(C#N)c1)Cc1nccn1C. The van der Waals surface area contributed by atoms with Crippen molar-refractivity contribution in [3.8, 4) is 6.07 Å². The maximum atomic E-state index is 12.0. The summed E-state index contributed by atoms with van der Waals surface area (Å²) in [6.07, 6.45) is 3.60. The molecule has 0 saturated heterocycles. The minimum Gasteiger partial charge on any atom is -0.337 e. The summed E-state index contributed by atoms with van der Waals surface area (Å²) in [7, 11) is 3.78. The van der Waals surface area contributed by atoms with Gasteiger partial charge in [-0.15, -0.1) is 0 Å². The first-order chi connectivity index (χ1) is 10.1. The fraction of sp³-hybridized carbons (Fsp3) is 0.267. The van der Waals surface area contributed by atoms with Gasteiger partial charge in [0.05, 0.1) is 24.7 Å². The number of anilines is 1. The van der Waals surface area contributed by atoms with Gasteiger partial charge in [-0.1, -0.05) is 6.07 Å². The molecule has 108 valence electrons. The number of nitrogens with one attached hydrogen (secondary N) is 1.